The van der Waals surface area contributed by atoms with Crippen LogP contribution in [0.3, 0.4) is 0 Å². The number of thiocarbonyl (C=S) groups is 1. The monoisotopic (exact) mass is 460 g/mol. The number of ether oxygens (including phenoxy) is 1. The molecule has 1 aromatic heterocycles. The van der Waals surface area contributed by atoms with Gasteiger partial charge in [-0.3, -0.25) is 19.1 Å². The van der Waals surface area contributed by atoms with E-state index in [0.717, 1.165) is 25.7 Å². The Morgan fingerprint density at radius 3 is 2.58 bits per heavy atom. The van der Waals surface area contributed by atoms with Gasteiger partial charge in [0.15, 0.2) is 0 Å². The number of nitriles is 1. The van der Waals surface area contributed by atoms with Crippen molar-refractivity contribution in [3.05, 3.63) is 31.9 Å². The van der Waals surface area contributed by atoms with Crippen molar-refractivity contribution in [1.29, 1.82) is 5.26 Å². The van der Waals surface area contributed by atoms with E-state index >= 15 is 0 Å². The minimum atomic E-state index is -0.331. The Morgan fingerprint density at radius 1 is 1.23 bits per heavy atom. The Bertz CT molecular complexity index is 1000. The first kappa shape index (κ1) is 23.5. The van der Waals surface area contributed by atoms with Crippen molar-refractivity contribution < 1.29 is 9.53 Å². The molecule has 0 atom stereocenters. The SMILES string of the molecule is CCCCCCN1C(=O)/C(=C\c2c(C)c(C#N)c(=O)n(C)c2N2CCOCC2)SC1=S. The third kappa shape index (κ3) is 4.86. The molecule has 1 amide bonds. The van der Waals surface area contributed by atoms with E-state index in [1.165, 1.54) is 16.3 Å². The Kier molecular flexibility index (Phi) is 7.92. The molecule has 0 radical (unpaired) electrons. The molecule has 9 heteroatoms. The number of amides is 1. The highest BCUT2D eigenvalue weighted by molar-refractivity contribution is 8.26. The smallest absolute Gasteiger partial charge is 0.270 e. The van der Waals surface area contributed by atoms with E-state index in [1.54, 1.807) is 24.9 Å². The minimum Gasteiger partial charge on any atom is -0.378 e. The lowest BCUT2D eigenvalue weighted by Gasteiger charge is -2.32. The van der Waals surface area contributed by atoms with Crippen LogP contribution in [0.25, 0.3) is 6.08 Å². The molecule has 0 aliphatic carbocycles. The van der Waals surface area contributed by atoms with Crippen LogP contribution in [0.4, 0.5) is 5.82 Å². The number of unbranched alkanes of at least 4 members (excludes halogenated alkanes) is 3. The molecule has 2 fully saturated rings. The van der Waals surface area contributed by atoms with Gasteiger partial charge in [-0.05, 0) is 25.0 Å². The highest BCUT2D eigenvalue weighted by Crippen LogP contribution is 2.36. The standard InChI is InChI=1S/C22H28N4O3S2/c1-4-5-6-7-8-26-21(28)18(31-22(26)30)13-16-15(2)17(14-23)20(27)24(3)19(16)25-9-11-29-12-10-25/h13H,4-12H2,1-3H3/b18-13+. The first-order valence-corrected chi connectivity index (χ1v) is 11.8. The zero-order valence-electron chi connectivity index (χ0n) is 18.3. The molecule has 2 aliphatic rings. The van der Waals surface area contributed by atoms with Gasteiger partial charge >= 0.3 is 0 Å². The summed E-state index contributed by atoms with van der Waals surface area (Å²) in [6, 6.07) is 2.03. The summed E-state index contributed by atoms with van der Waals surface area (Å²) < 4.78 is 7.53. The highest BCUT2D eigenvalue weighted by atomic mass is 32.2. The molecule has 7 nitrogen and oxygen atoms in total. The van der Waals surface area contributed by atoms with Gasteiger partial charge in [0.25, 0.3) is 11.5 Å². The number of carbonyl (C=O) groups excluding carboxylic acids is 1. The summed E-state index contributed by atoms with van der Waals surface area (Å²) in [5.41, 5.74) is 1.07. The summed E-state index contributed by atoms with van der Waals surface area (Å²) in [7, 11) is 1.67. The van der Waals surface area contributed by atoms with Crippen LogP contribution >= 0.6 is 24.0 Å². The molecule has 2 aliphatic heterocycles. The number of aromatic nitrogens is 1. The lowest BCUT2D eigenvalue weighted by atomic mass is 10.0. The molecular weight excluding hydrogens is 432 g/mol. The zero-order valence-corrected chi connectivity index (χ0v) is 19.9. The van der Waals surface area contributed by atoms with Crippen LogP contribution in [0.5, 0.6) is 0 Å². The van der Waals surface area contributed by atoms with Gasteiger partial charge in [-0.15, -0.1) is 0 Å². The molecule has 0 N–H and O–H groups in total. The predicted molar refractivity (Wildman–Crippen MR) is 128 cm³/mol. The van der Waals surface area contributed by atoms with Gasteiger partial charge in [-0.1, -0.05) is 50.2 Å². The summed E-state index contributed by atoms with van der Waals surface area (Å²) >= 11 is 6.75. The molecule has 1 aromatic rings. The molecule has 2 saturated heterocycles. The van der Waals surface area contributed by atoms with Gasteiger partial charge in [0.1, 0.15) is 21.8 Å². The van der Waals surface area contributed by atoms with Gasteiger partial charge in [0.05, 0.1) is 18.1 Å². The van der Waals surface area contributed by atoms with E-state index < -0.39 is 0 Å². The number of rotatable bonds is 7. The molecule has 0 unspecified atom stereocenters. The second-order valence-corrected chi connectivity index (χ2v) is 9.38. The van der Waals surface area contributed by atoms with Gasteiger partial charge in [-0.25, -0.2) is 0 Å². The topological polar surface area (TPSA) is 78.6 Å². The Balaban J connectivity index is 2.02. The quantitative estimate of drug-likeness (QED) is 0.351. The van der Waals surface area contributed by atoms with Gasteiger partial charge in [-0.2, -0.15) is 5.26 Å². The second-order valence-electron chi connectivity index (χ2n) is 7.71. The summed E-state index contributed by atoms with van der Waals surface area (Å²) in [5.74, 6) is 0.601. The molecule has 3 heterocycles. The van der Waals surface area contributed by atoms with Crippen LogP contribution in [-0.2, 0) is 16.6 Å². The molecule has 31 heavy (non-hydrogen) atoms. The van der Waals surface area contributed by atoms with Crippen molar-refractivity contribution in [3.8, 4) is 6.07 Å². The van der Waals surface area contributed by atoms with Crippen molar-refractivity contribution in [2.45, 2.75) is 39.5 Å². The van der Waals surface area contributed by atoms with Gasteiger partial charge in [0, 0.05) is 32.2 Å². The van der Waals surface area contributed by atoms with Crippen molar-refractivity contribution in [3.63, 3.8) is 0 Å². The fourth-order valence-corrected chi connectivity index (χ4v) is 5.18. The Hall–Kier alpha value is -2.15. The third-order valence-corrected chi connectivity index (χ3v) is 7.04. The number of nitrogens with zero attached hydrogens (tertiary/aromatic N) is 4. The molecule has 0 aromatic carbocycles. The zero-order chi connectivity index (χ0) is 22.5. The van der Waals surface area contributed by atoms with Gasteiger partial charge in [0.2, 0.25) is 0 Å². The second kappa shape index (κ2) is 10.4. The lowest BCUT2D eigenvalue weighted by Crippen LogP contribution is -2.40. The van der Waals surface area contributed by atoms with Crippen molar-refractivity contribution >= 4 is 46.1 Å². The number of pyridine rings is 1. The fraction of sp³-hybridized carbons (Fsp3) is 0.545. The maximum Gasteiger partial charge on any atom is 0.270 e. The number of morpholine rings is 1. The van der Waals surface area contributed by atoms with Crippen molar-refractivity contribution in [2.24, 2.45) is 7.05 Å². The maximum absolute atomic E-state index is 13.1. The van der Waals surface area contributed by atoms with E-state index in [0.29, 0.717) is 59.0 Å². The van der Waals surface area contributed by atoms with Crippen molar-refractivity contribution in [1.82, 2.24) is 9.47 Å². The van der Waals surface area contributed by atoms with E-state index in [-0.39, 0.29) is 17.0 Å². The van der Waals surface area contributed by atoms with E-state index in [1.807, 2.05) is 6.07 Å². The van der Waals surface area contributed by atoms with Crippen LogP contribution in [-0.4, -0.2) is 52.5 Å². The summed E-state index contributed by atoms with van der Waals surface area (Å²) in [5, 5.41) is 9.57. The van der Waals surface area contributed by atoms with Crippen molar-refractivity contribution in [2.75, 3.05) is 37.7 Å². The molecule has 166 valence electrons. The molecular formula is C22H28N4O3S2. The maximum atomic E-state index is 13.1. The molecule has 3 rings (SSSR count). The predicted octanol–water partition coefficient (Wildman–Crippen LogP) is 3.18. The van der Waals surface area contributed by atoms with Crippen LogP contribution in [0.15, 0.2) is 9.70 Å². The fourth-order valence-electron chi connectivity index (χ4n) is 3.89. The molecule has 0 saturated carbocycles. The molecule has 0 spiro atoms. The third-order valence-electron chi connectivity index (χ3n) is 5.66. The number of hydrogen-bond donors (Lipinski definition) is 0. The van der Waals surface area contributed by atoms with Crippen LogP contribution in [0.2, 0.25) is 0 Å². The Morgan fingerprint density at radius 2 is 1.94 bits per heavy atom. The Labute approximate surface area is 192 Å². The van der Waals surface area contributed by atoms with E-state index in [9.17, 15) is 14.9 Å². The lowest BCUT2D eigenvalue weighted by molar-refractivity contribution is -0.122. The van der Waals surface area contributed by atoms with Crippen LogP contribution < -0.4 is 10.5 Å². The average molecular weight is 461 g/mol. The average Bonchev–Trinajstić information content (AvgIpc) is 3.03. The number of anilines is 1. The summed E-state index contributed by atoms with van der Waals surface area (Å²) in [6.07, 6.45) is 6.06. The van der Waals surface area contributed by atoms with E-state index in [2.05, 4.69) is 11.8 Å². The van der Waals surface area contributed by atoms with Gasteiger partial charge < -0.3 is 9.64 Å². The number of carbonyl (C=O) groups is 1. The minimum absolute atomic E-state index is 0.0980. The van der Waals surface area contributed by atoms with E-state index in [4.69, 9.17) is 17.0 Å². The van der Waals surface area contributed by atoms with Crippen LogP contribution in [0.1, 0.15) is 49.3 Å². The summed E-state index contributed by atoms with van der Waals surface area (Å²) in [4.78, 5) is 30.1. The number of thioether (sulfide) groups is 1. The summed E-state index contributed by atoms with van der Waals surface area (Å²) in [6.45, 7) is 6.93. The highest BCUT2D eigenvalue weighted by Gasteiger charge is 2.33. The first-order valence-electron chi connectivity index (χ1n) is 10.6. The van der Waals surface area contributed by atoms with Crippen LogP contribution in [0, 0.1) is 18.3 Å². The largest absolute Gasteiger partial charge is 0.378 e. The normalized spacial score (nSPS) is 18.2. The first-order chi connectivity index (χ1) is 14.9. The number of hydrogen-bond acceptors (Lipinski definition) is 7. The molecule has 0 bridgehead atoms.